The maximum Gasteiger partial charge on any atom is 0.263 e. The normalized spacial score (nSPS) is 23.9. The summed E-state index contributed by atoms with van der Waals surface area (Å²) in [4.78, 5) is 43.9. The van der Waals surface area contributed by atoms with Crippen LogP contribution in [0.5, 0.6) is 0 Å². The highest BCUT2D eigenvalue weighted by Crippen LogP contribution is 2.44. The van der Waals surface area contributed by atoms with Crippen LogP contribution in [0, 0.1) is 11.3 Å². The zero-order valence-electron chi connectivity index (χ0n) is 20.4. The van der Waals surface area contributed by atoms with E-state index in [-0.39, 0.29) is 42.0 Å². The van der Waals surface area contributed by atoms with Crippen molar-refractivity contribution >= 4 is 34.1 Å². The summed E-state index contributed by atoms with van der Waals surface area (Å²) >= 11 is 1.34. The van der Waals surface area contributed by atoms with Gasteiger partial charge in [0.15, 0.2) is 10.9 Å². The number of rotatable bonds is 10. The van der Waals surface area contributed by atoms with Crippen molar-refractivity contribution in [2.24, 2.45) is 11.3 Å². The third kappa shape index (κ3) is 6.46. The molecule has 1 aliphatic carbocycles. The summed E-state index contributed by atoms with van der Waals surface area (Å²) in [6, 6.07) is 10.0. The van der Waals surface area contributed by atoms with Gasteiger partial charge in [-0.1, -0.05) is 48.6 Å². The molecule has 2 aliphatic rings. The lowest BCUT2D eigenvalue weighted by Crippen LogP contribution is -2.43. The standard InChI is InChI=1S/C26H34N4O4S/c1-3-30(22-13-20(31)17-34-22)24(33)19-9-10-26(2,14-19)11-12-27-23(32)21-16-29-25(35-21)28-15-18-7-5-4-6-8-18/h4-8,16,19,22H,3,9-15,17H2,1-2H3,(H,27,32)(H,28,29)/t19-,22-,26+/m0/s1. The number of aromatic nitrogens is 1. The van der Waals surface area contributed by atoms with Crippen LogP contribution in [0.15, 0.2) is 36.5 Å². The minimum atomic E-state index is -0.419. The smallest absolute Gasteiger partial charge is 0.263 e. The zero-order valence-corrected chi connectivity index (χ0v) is 21.2. The molecular formula is C26H34N4O4S. The number of hydrogen-bond donors (Lipinski definition) is 2. The average molecular weight is 499 g/mol. The van der Waals surface area contributed by atoms with Gasteiger partial charge in [-0.05, 0) is 43.6 Å². The number of anilines is 1. The second-order valence-corrected chi connectivity index (χ2v) is 10.8. The monoisotopic (exact) mass is 498 g/mol. The molecule has 2 amide bonds. The van der Waals surface area contributed by atoms with E-state index in [4.69, 9.17) is 4.74 Å². The topological polar surface area (TPSA) is 101 Å². The number of Topliss-reactive ketones (excluding diaryl/α,β-unsaturated/α-hetero) is 1. The van der Waals surface area contributed by atoms with Crippen LogP contribution >= 0.6 is 11.3 Å². The molecule has 2 heterocycles. The molecule has 9 heteroatoms. The molecule has 2 aromatic rings. The molecular weight excluding hydrogens is 464 g/mol. The average Bonchev–Trinajstić information content (AvgIpc) is 3.59. The van der Waals surface area contributed by atoms with Crippen LogP contribution in [0.3, 0.4) is 0 Å². The predicted molar refractivity (Wildman–Crippen MR) is 135 cm³/mol. The number of nitrogens with zero attached hydrogens (tertiary/aromatic N) is 2. The predicted octanol–water partition coefficient (Wildman–Crippen LogP) is 3.85. The molecule has 0 spiro atoms. The maximum atomic E-state index is 13.1. The number of carbonyl (C=O) groups is 3. The van der Waals surface area contributed by atoms with Crippen molar-refractivity contribution in [3.63, 3.8) is 0 Å². The molecule has 0 unspecified atom stereocenters. The van der Waals surface area contributed by atoms with E-state index in [0.717, 1.165) is 36.4 Å². The molecule has 2 fully saturated rings. The van der Waals surface area contributed by atoms with E-state index in [2.05, 4.69) is 22.5 Å². The molecule has 2 N–H and O–H groups in total. The molecule has 1 saturated heterocycles. The Morgan fingerprint density at radius 2 is 2.09 bits per heavy atom. The Balaban J connectivity index is 1.22. The largest absolute Gasteiger partial charge is 0.357 e. The molecule has 0 radical (unpaired) electrons. The van der Waals surface area contributed by atoms with E-state index >= 15 is 0 Å². The SMILES string of the molecule is CCN(C(=O)[C@H]1CC[C@](C)(CCNC(=O)c2cnc(NCc3ccccc3)s2)C1)[C@@H]1CC(=O)CO1. The quantitative estimate of drug-likeness (QED) is 0.516. The van der Waals surface area contributed by atoms with Crippen molar-refractivity contribution in [1.29, 1.82) is 0 Å². The second-order valence-electron chi connectivity index (χ2n) is 9.76. The fourth-order valence-electron chi connectivity index (χ4n) is 5.00. The summed E-state index contributed by atoms with van der Waals surface area (Å²) < 4.78 is 5.52. The molecule has 1 aromatic carbocycles. The van der Waals surface area contributed by atoms with Gasteiger partial charge in [0.05, 0.1) is 12.6 Å². The van der Waals surface area contributed by atoms with E-state index in [1.165, 1.54) is 11.3 Å². The fraction of sp³-hybridized carbons (Fsp3) is 0.538. The Morgan fingerprint density at radius 1 is 1.29 bits per heavy atom. The van der Waals surface area contributed by atoms with Crippen molar-refractivity contribution < 1.29 is 19.1 Å². The lowest BCUT2D eigenvalue weighted by atomic mass is 9.84. The van der Waals surface area contributed by atoms with Crippen LogP contribution in [-0.2, 0) is 20.9 Å². The van der Waals surface area contributed by atoms with Crippen molar-refractivity contribution in [2.75, 3.05) is 25.0 Å². The molecule has 4 rings (SSSR count). The summed E-state index contributed by atoms with van der Waals surface area (Å²) in [6.45, 7) is 5.97. The number of thiazole rings is 1. The van der Waals surface area contributed by atoms with Crippen molar-refractivity contribution in [1.82, 2.24) is 15.2 Å². The fourth-order valence-corrected chi connectivity index (χ4v) is 5.72. The Labute approximate surface area is 210 Å². The Kier molecular flexibility index (Phi) is 8.18. The van der Waals surface area contributed by atoms with Crippen LogP contribution in [0.25, 0.3) is 0 Å². The third-order valence-electron chi connectivity index (χ3n) is 7.03. The minimum absolute atomic E-state index is 0.00449. The molecule has 0 bridgehead atoms. The van der Waals surface area contributed by atoms with E-state index < -0.39 is 6.23 Å². The Bertz CT molecular complexity index is 1040. The summed E-state index contributed by atoms with van der Waals surface area (Å²) in [5.74, 6) is -0.0483. The van der Waals surface area contributed by atoms with Crippen LogP contribution in [-0.4, -0.2) is 53.4 Å². The van der Waals surface area contributed by atoms with Crippen LogP contribution in [0.1, 0.15) is 61.2 Å². The molecule has 35 heavy (non-hydrogen) atoms. The van der Waals surface area contributed by atoms with E-state index in [0.29, 0.717) is 24.5 Å². The maximum absolute atomic E-state index is 13.1. The number of carbonyl (C=O) groups excluding carboxylic acids is 3. The summed E-state index contributed by atoms with van der Waals surface area (Å²) in [5, 5.41) is 6.99. The first-order valence-electron chi connectivity index (χ1n) is 12.3. The van der Waals surface area contributed by atoms with Crippen LogP contribution in [0.4, 0.5) is 5.13 Å². The van der Waals surface area contributed by atoms with Gasteiger partial charge in [0.1, 0.15) is 17.7 Å². The third-order valence-corrected chi connectivity index (χ3v) is 7.98. The van der Waals surface area contributed by atoms with Gasteiger partial charge >= 0.3 is 0 Å². The van der Waals surface area contributed by atoms with E-state index in [9.17, 15) is 14.4 Å². The second kappa shape index (κ2) is 11.3. The highest BCUT2D eigenvalue weighted by molar-refractivity contribution is 7.17. The van der Waals surface area contributed by atoms with Crippen LogP contribution in [0.2, 0.25) is 0 Å². The van der Waals surface area contributed by atoms with Gasteiger partial charge in [-0.3, -0.25) is 14.4 Å². The molecule has 188 valence electrons. The molecule has 8 nitrogen and oxygen atoms in total. The summed E-state index contributed by atoms with van der Waals surface area (Å²) in [5.41, 5.74) is 1.15. The number of nitrogens with one attached hydrogen (secondary N) is 2. The number of hydrogen-bond acceptors (Lipinski definition) is 7. The van der Waals surface area contributed by atoms with Gasteiger partial charge < -0.3 is 20.3 Å². The molecule has 3 atom stereocenters. The van der Waals surface area contributed by atoms with Gasteiger partial charge in [0, 0.05) is 25.6 Å². The van der Waals surface area contributed by atoms with E-state index in [1.807, 2.05) is 37.3 Å². The Morgan fingerprint density at radius 3 is 2.80 bits per heavy atom. The van der Waals surface area contributed by atoms with Crippen LogP contribution < -0.4 is 10.6 Å². The van der Waals surface area contributed by atoms with Crippen molar-refractivity contribution in [2.45, 2.75) is 58.7 Å². The van der Waals surface area contributed by atoms with Gasteiger partial charge in [0.2, 0.25) is 5.91 Å². The first-order chi connectivity index (χ1) is 16.9. The molecule has 1 saturated carbocycles. The lowest BCUT2D eigenvalue weighted by Gasteiger charge is -2.30. The number of ketones is 1. The number of benzene rings is 1. The molecule has 1 aliphatic heterocycles. The number of amides is 2. The molecule has 1 aromatic heterocycles. The Hall–Kier alpha value is -2.78. The van der Waals surface area contributed by atoms with Crippen molar-refractivity contribution in [3.8, 4) is 0 Å². The highest BCUT2D eigenvalue weighted by Gasteiger charge is 2.41. The zero-order chi connectivity index (χ0) is 24.8. The first-order valence-corrected chi connectivity index (χ1v) is 13.1. The van der Waals surface area contributed by atoms with E-state index in [1.54, 1.807) is 11.1 Å². The minimum Gasteiger partial charge on any atom is -0.357 e. The number of ether oxygens (including phenoxy) is 1. The van der Waals surface area contributed by atoms with Gasteiger partial charge in [-0.2, -0.15) is 0 Å². The van der Waals surface area contributed by atoms with Gasteiger partial charge in [0.25, 0.3) is 5.91 Å². The summed E-state index contributed by atoms with van der Waals surface area (Å²) in [6.07, 6.45) is 4.84. The van der Waals surface area contributed by atoms with Crippen molar-refractivity contribution in [3.05, 3.63) is 47.0 Å². The van der Waals surface area contributed by atoms with Gasteiger partial charge in [-0.15, -0.1) is 0 Å². The van der Waals surface area contributed by atoms with Gasteiger partial charge in [-0.25, -0.2) is 4.98 Å². The summed E-state index contributed by atoms with van der Waals surface area (Å²) in [7, 11) is 0. The first kappa shape index (κ1) is 25.3. The lowest BCUT2D eigenvalue weighted by molar-refractivity contribution is -0.146. The highest BCUT2D eigenvalue weighted by atomic mass is 32.1.